The number of rotatable bonds is 5. The van der Waals surface area contributed by atoms with Crippen molar-refractivity contribution in [3.8, 4) is 0 Å². The number of allylic oxidation sites excluding steroid dienone is 1. The van der Waals surface area contributed by atoms with Crippen LogP contribution in [0.4, 0.5) is 0 Å². The van der Waals surface area contributed by atoms with Gasteiger partial charge >= 0.3 is 0 Å². The summed E-state index contributed by atoms with van der Waals surface area (Å²) in [4.78, 5) is 27.2. The molecule has 0 amide bonds. The van der Waals surface area contributed by atoms with Crippen molar-refractivity contribution < 1.29 is 4.79 Å². The molecule has 2 aromatic heterocycles. The minimum absolute atomic E-state index is 0.163. The Hall–Kier alpha value is -3.40. The molecule has 4 heteroatoms. The summed E-state index contributed by atoms with van der Waals surface area (Å²) in [6.07, 6.45) is 7.15. The summed E-state index contributed by atoms with van der Waals surface area (Å²) in [5.41, 5.74) is 10.8. The number of hydrogen-bond donors (Lipinski definition) is 0. The smallest absolute Gasteiger partial charge is 0.167 e. The second-order valence-electron chi connectivity index (χ2n) is 9.25. The van der Waals surface area contributed by atoms with Gasteiger partial charge in [0.05, 0.1) is 23.9 Å². The number of nitrogens with zero attached hydrogens (tertiary/aromatic N) is 3. The molecule has 0 bridgehead atoms. The number of carbonyl (C=O) groups is 1. The number of pyridine rings is 2. The van der Waals surface area contributed by atoms with Crippen LogP contribution < -0.4 is 0 Å². The van der Waals surface area contributed by atoms with Crippen molar-refractivity contribution in [2.75, 3.05) is 0 Å². The van der Waals surface area contributed by atoms with E-state index in [2.05, 4.69) is 40.3 Å². The van der Waals surface area contributed by atoms with Crippen LogP contribution in [-0.2, 0) is 17.8 Å². The van der Waals surface area contributed by atoms with Crippen LogP contribution in [0.25, 0.3) is 6.08 Å². The molecule has 1 atom stereocenters. The van der Waals surface area contributed by atoms with Gasteiger partial charge in [-0.1, -0.05) is 12.1 Å². The molecule has 3 aliphatic rings. The molecular weight excluding hydrogens is 394 g/mol. The van der Waals surface area contributed by atoms with E-state index in [1.807, 2.05) is 38.2 Å². The molecule has 1 aromatic carbocycles. The fraction of sp³-hybridized carbons (Fsp3) is 0.286. The van der Waals surface area contributed by atoms with E-state index in [1.54, 1.807) is 0 Å². The van der Waals surface area contributed by atoms with E-state index in [-0.39, 0.29) is 11.7 Å². The lowest BCUT2D eigenvalue weighted by Crippen LogP contribution is -2.13. The molecule has 32 heavy (non-hydrogen) atoms. The van der Waals surface area contributed by atoms with Gasteiger partial charge in [0.1, 0.15) is 0 Å². The zero-order valence-corrected chi connectivity index (χ0v) is 18.4. The summed E-state index contributed by atoms with van der Waals surface area (Å²) in [7, 11) is 0. The third kappa shape index (κ3) is 3.31. The second-order valence-corrected chi connectivity index (χ2v) is 9.25. The van der Waals surface area contributed by atoms with Crippen LogP contribution in [0.1, 0.15) is 76.5 Å². The van der Waals surface area contributed by atoms with Gasteiger partial charge in [-0.25, -0.2) is 0 Å². The highest BCUT2D eigenvalue weighted by Crippen LogP contribution is 2.40. The maximum Gasteiger partial charge on any atom is 0.167 e. The third-order valence-corrected chi connectivity index (χ3v) is 6.85. The molecule has 0 N–H and O–H groups in total. The molecule has 1 saturated carbocycles. The molecule has 2 aliphatic carbocycles. The molecule has 158 valence electrons. The van der Waals surface area contributed by atoms with Crippen molar-refractivity contribution >= 4 is 17.6 Å². The highest BCUT2D eigenvalue weighted by atomic mass is 16.1. The fourth-order valence-electron chi connectivity index (χ4n) is 4.87. The largest absolute Gasteiger partial charge is 0.294 e. The molecule has 0 radical (unpaired) electrons. The number of ketones is 1. The van der Waals surface area contributed by atoms with Gasteiger partial charge in [-0.2, -0.15) is 0 Å². The number of aromatic nitrogens is 2. The van der Waals surface area contributed by atoms with Gasteiger partial charge in [-0.05, 0) is 79.8 Å². The molecule has 3 aromatic rings. The normalized spacial score (nSPS) is 17.4. The molecular formula is C28H25N3O. The predicted octanol–water partition coefficient (Wildman–Crippen LogP) is 5.33. The third-order valence-electron chi connectivity index (χ3n) is 6.85. The highest BCUT2D eigenvalue weighted by Gasteiger charge is 2.29. The van der Waals surface area contributed by atoms with E-state index in [0.29, 0.717) is 18.9 Å². The molecule has 3 heterocycles. The van der Waals surface area contributed by atoms with Crippen LogP contribution in [0.2, 0.25) is 0 Å². The maximum absolute atomic E-state index is 13.2. The average Bonchev–Trinajstić information content (AvgIpc) is 3.46. The number of Topliss-reactive ketones (excluding diaryl/α,β-unsaturated/α-hetero) is 1. The van der Waals surface area contributed by atoms with Gasteiger partial charge in [0.2, 0.25) is 0 Å². The van der Waals surface area contributed by atoms with Crippen molar-refractivity contribution in [3.63, 3.8) is 0 Å². The van der Waals surface area contributed by atoms with Gasteiger partial charge < -0.3 is 0 Å². The predicted molar refractivity (Wildman–Crippen MR) is 126 cm³/mol. The summed E-state index contributed by atoms with van der Waals surface area (Å²) < 4.78 is 0. The molecule has 1 aliphatic heterocycles. The van der Waals surface area contributed by atoms with E-state index < -0.39 is 0 Å². The lowest BCUT2D eigenvalue weighted by Gasteiger charge is -2.11. The number of hydrogen-bond acceptors (Lipinski definition) is 4. The molecule has 4 nitrogen and oxygen atoms in total. The van der Waals surface area contributed by atoms with E-state index >= 15 is 0 Å². The Morgan fingerprint density at radius 1 is 1.09 bits per heavy atom. The molecule has 0 spiro atoms. The number of carbonyl (C=O) groups excluding carboxylic acids is 1. The molecule has 0 saturated heterocycles. The lowest BCUT2D eigenvalue weighted by atomic mass is 9.93. The Balaban J connectivity index is 1.29. The second kappa shape index (κ2) is 7.33. The van der Waals surface area contributed by atoms with Crippen LogP contribution in [0, 0.1) is 6.92 Å². The van der Waals surface area contributed by atoms with E-state index in [1.165, 1.54) is 35.2 Å². The fourth-order valence-corrected chi connectivity index (χ4v) is 4.87. The van der Waals surface area contributed by atoms with Crippen molar-refractivity contribution in [2.24, 2.45) is 4.99 Å². The van der Waals surface area contributed by atoms with Gasteiger partial charge in [0, 0.05) is 46.6 Å². The average molecular weight is 420 g/mol. The number of aliphatic imine (C=N–C) groups is 1. The van der Waals surface area contributed by atoms with Gasteiger partial charge in [-0.3, -0.25) is 19.8 Å². The zero-order valence-electron chi connectivity index (χ0n) is 18.4. The first-order chi connectivity index (χ1) is 15.6. The highest BCUT2D eigenvalue weighted by molar-refractivity contribution is 6.16. The number of benzene rings is 1. The molecule has 0 unspecified atom stereocenters. The summed E-state index contributed by atoms with van der Waals surface area (Å²) in [6.45, 7) is 4.62. The van der Waals surface area contributed by atoms with Crippen molar-refractivity contribution in [3.05, 3.63) is 99.1 Å². The Kier molecular flexibility index (Phi) is 4.42. The van der Waals surface area contributed by atoms with Crippen molar-refractivity contribution in [1.29, 1.82) is 0 Å². The monoisotopic (exact) mass is 419 g/mol. The Morgan fingerprint density at radius 3 is 2.78 bits per heavy atom. The first kappa shape index (κ1) is 19.3. The molecule has 1 fully saturated rings. The maximum atomic E-state index is 13.2. The Labute approximate surface area is 188 Å². The summed E-state index contributed by atoms with van der Waals surface area (Å²) in [5.74, 6) is 0.548. The van der Waals surface area contributed by atoms with Crippen LogP contribution in [-0.4, -0.2) is 21.5 Å². The Morgan fingerprint density at radius 2 is 1.97 bits per heavy atom. The van der Waals surface area contributed by atoms with E-state index in [9.17, 15) is 4.79 Å². The van der Waals surface area contributed by atoms with Gasteiger partial charge in [-0.15, -0.1) is 0 Å². The van der Waals surface area contributed by atoms with E-state index in [0.717, 1.165) is 33.8 Å². The minimum atomic E-state index is -0.239. The van der Waals surface area contributed by atoms with Crippen LogP contribution >= 0.6 is 0 Å². The SMILES string of the molecule is Cc1cccc([C@@H](C)C(=O)C2=Cc3cc4c(cc3C2)CN=C4c2ccnc(C3CC3)c2)n1. The summed E-state index contributed by atoms with van der Waals surface area (Å²) >= 11 is 0. The Bertz CT molecular complexity index is 1330. The van der Waals surface area contributed by atoms with Crippen LogP contribution in [0.5, 0.6) is 0 Å². The lowest BCUT2D eigenvalue weighted by molar-refractivity contribution is -0.116. The van der Waals surface area contributed by atoms with Crippen molar-refractivity contribution in [1.82, 2.24) is 9.97 Å². The molecule has 6 rings (SSSR count). The first-order valence-electron chi connectivity index (χ1n) is 11.4. The topological polar surface area (TPSA) is 55.2 Å². The quantitative estimate of drug-likeness (QED) is 0.562. The standard InChI is InChI=1S/C28H25N3O/c1-16-4-3-5-25(31-16)17(2)28(32)22-10-20-12-23-15-30-27(24(23)13-21(20)11-22)19-8-9-29-26(14-19)18-6-7-18/h3-5,8-9,11-14,17-18H,6-7,10,15H2,1-2H3/t17-/m1/s1. The van der Waals surface area contributed by atoms with Gasteiger partial charge in [0.25, 0.3) is 0 Å². The number of fused-ring (bicyclic) bond motifs is 2. The van der Waals surface area contributed by atoms with Crippen LogP contribution in [0.3, 0.4) is 0 Å². The van der Waals surface area contributed by atoms with Crippen LogP contribution in [0.15, 0.2) is 59.2 Å². The zero-order chi connectivity index (χ0) is 21.8. The van der Waals surface area contributed by atoms with Gasteiger partial charge in [0.15, 0.2) is 5.78 Å². The van der Waals surface area contributed by atoms with Crippen molar-refractivity contribution in [2.45, 2.75) is 51.5 Å². The minimum Gasteiger partial charge on any atom is -0.294 e. The van der Waals surface area contributed by atoms with E-state index in [4.69, 9.17) is 4.99 Å². The summed E-state index contributed by atoms with van der Waals surface area (Å²) in [5, 5.41) is 0. The summed E-state index contributed by atoms with van der Waals surface area (Å²) in [6, 6.07) is 14.6. The first-order valence-corrected chi connectivity index (χ1v) is 11.4. The number of aryl methyl sites for hydroxylation is 1.